The molecule has 1 aliphatic carbocycles. The molecule has 6 aliphatic rings. The standard InChI is InChI=1S/C52H62N8O9S/c1-33(2)30-68-47-8-4-3-6-39(47)42-7-5-19-58(42)37-27-52(28-37)16-20-57(21-17-52)36-9-11-40(43(25-36)59-45-24-35-13-18-53-49(35)55-51(45)69-48-32-67-31-46(48)59)50(61)56-70(64,65)38-10-12-41(44(26-38)60(62)63)54-29-34-14-22-66-23-15-34/h3-4,6,8-13,18,24-26,33-34,37,42,46,48,54H,5,7,14-17,19-23,27-32H2,1-2H3,(H,53,55)(H,56,61)/t42-,46+,48+/m0/s1. The van der Waals surface area contributed by atoms with Crippen LogP contribution in [0.25, 0.3) is 11.0 Å². The first kappa shape index (κ1) is 46.4. The number of ether oxygens (including phenoxy) is 4. The van der Waals surface area contributed by atoms with Crippen molar-refractivity contribution in [3.8, 4) is 11.6 Å². The minimum Gasteiger partial charge on any atom is -0.493 e. The number of hydrogen-bond acceptors (Lipinski definition) is 14. The summed E-state index contributed by atoms with van der Waals surface area (Å²) in [7, 11) is -4.59. The highest BCUT2D eigenvalue weighted by Crippen LogP contribution is 2.55. The molecule has 5 fully saturated rings. The molecular weight excluding hydrogens is 913 g/mol. The van der Waals surface area contributed by atoms with Crippen molar-refractivity contribution in [1.82, 2.24) is 19.6 Å². The Hall–Kier alpha value is -5.95. The van der Waals surface area contributed by atoms with Crippen LogP contribution in [0.4, 0.5) is 28.4 Å². The summed E-state index contributed by atoms with van der Waals surface area (Å²) >= 11 is 0. The number of piperidine rings is 1. The maximum Gasteiger partial charge on any atom is 0.293 e. The van der Waals surface area contributed by atoms with Crippen LogP contribution in [0.5, 0.6) is 11.6 Å². The highest BCUT2D eigenvalue weighted by Gasteiger charge is 2.50. The number of nitrogens with one attached hydrogen (secondary N) is 3. The van der Waals surface area contributed by atoms with Gasteiger partial charge in [-0.05, 0) is 124 Å². The van der Waals surface area contributed by atoms with E-state index in [0.717, 1.165) is 87.5 Å². The van der Waals surface area contributed by atoms with E-state index in [1.165, 1.54) is 24.1 Å². The van der Waals surface area contributed by atoms with Crippen LogP contribution in [0.3, 0.4) is 0 Å². The van der Waals surface area contributed by atoms with Gasteiger partial charge < -0.3 is 39.0 Å². The number of para-hydroxylation sites is 1. The van der Waals surface area contributed by atoms with Gasteiger partial charge in [0.1, 0.15) is 28.9 Å². The van der Waals surface area contributed by atoms with Gasteiger partial charge in [0.15, 0.2) is 0 Å². The maximum absolute atomic E-state index is 14.6. The van der Waals surface area contributed by atoms with Crippen LogP contribution in [0.2, 0.25) is 0 Å². The first-order valence-electron chi connectivity index (χ1n) is 25.0. The first-order valence-corrected chi connectivity index (χ1v) is 26.5. The summed E-state index contributed by atoms with van der Waals surface area (Å²) in [4.78, 5) is 41.0. The van der Waals surface area contributed by atoms with Crippen LogP contribution in [0.1, 0.15) is 87.2 Å². The summed E-state index contributed by atoms with van der Waals surface area (Å²) in [6.45, 7) is 10.2. The molecule has 3 atom stereocenters. The third-order valence-electron chi connectivity index (χ3n) is 15.6. The number of carbonyl (C=O) groups is 1. The maximum atomic E-state index is 14.6. The Labute approximate surface area is 408 Å². The molecule has 1 saturated carbocycles. The predicted molar refractivity (Wildman–Crippen MR) is 266 cm³/mol. The predicted octanol–water partition coefficient (Wildman–Crippen LogP) is 8.35. The number of rotatable bonds is 14. The molecule has 2 aromatic heterocycles. The lowest BCUT2D eigenvalue weighted by Gasteiger charge is -2.56. The summed E-state index contributed by atoms with van der Waals surface area (Å²) in [5.74, 6) is 1.23. The van der Waals surface area contributed by atoms with Crippen molar-refractivity contribution in [2.45, 2.75) is 94.3 Å². The Morgan fingerprint density at radius 1 is 0.971 bits per heavy atom. The average Bonchev–Trinajstić information content (AvgIpc) is 4.15. The Morgan fingerprint density at radius 3 is 2.59 bits per heavy atom. The molecule has 3 aromatic carbocycles. The van der Waals surface area contributed by atoms with E-state index >= 15 is 0 Å². The molecule has 0 bridgehead atoms. The van der Waals surface area contributed by atoms with Crippen LogP contribution in [-0.2, 0) is 19.5 Å². The summed E-state index contributed by atoms with van der Waals surface area (Å²) in [6.07, 6.45) is 9.77. The lowest BCUT2D eigenvalue weighted by Crippen LogP contribution is -2.55. The van der Waals surface area contributed by atoms with Crippen molar-refractivity contribution >= 4 is 55.4 Å². The molecule has 17 nitrogen and oxygen atoms in total. The fourth-order valence-corrected chi connectivity index (χ4v) is 12.8. The van der Waals surface area contributed by atoms with E-state index < -0.39 is 37.5 Å². The van der Waals surface area contributed by atoms with E-state index in [0.29, 0.717) is 80.5 Å². The molecule has 1 amide bonds. The summed E-state index contributed by atoms with van der Waals surface area (Å²) in [5.41, 5.74) is 4.14. The number of amides is 1. The minimum atomic E-state index is -4.59. The van der Waals surface area contributed by atoms with Crippen molar-refractivity contribution in [2.24, 2.45) is 17.3 Å². The number of pyridine rings is 1. The fraction of sp³-hybridized carbons (Fsp3) is 0.500. The third kappa shape index (κ3) is 9.03. The molecule has 370 valence electrons. The number of aromatic nitrogens is 2. The molecule has 7 heterocycles. The number of anilines is 4. The number of fused-ring (bicyclic) bond motifs is 3. The smallest absolute Gasteiger partial charge is 0.293 e. The molecule has 1 spiro atoms. The van der Waals surface area contributed by atoms with E-state index in [4.69, 9.17) is 23.9 Å². The molecule has 5 aliphatic heterocycles. The van der Waals surface area contributed by atoms with Crippen molar-refractivity contribution in [3.05, 3.63) is 100 Å². The van der Waals surface area contributed by atoms with Gasteiger partial charge in [0.05, 0.1) is 46.9 Å². The van der Waals surface area contributed by atoms with Crippen LogP contribution in [0.15, 0.2) is 83.9 Å². The summed E-state index contributed by atoms with van der Waals surface area (Å²) < 4.78 is 54.6. The molecule has 3 N–H and O–H groups in total. The number of hydrogen-bond donors (Lipinski definition) is 3. The third-order valence-corrected chi connectivity index (χ3v) is 16.9. The van der Waals surface area contributed by atoms with E-state index in [9.17, 15) is 23.3 Å². The second kappa shape index (κ2) is 19.0. The zero-order valence-corrected chi connectivity index (χ0v) is 40.6. The number of H-pyrrole nitrogens is 1. The topological polar surface area (TPSA) is 194 Å². The monoisotopic (exact) mass is 974 g/mol. The van der Waals surface area contributed by atoms with Gasteiger partial charge in [0.25, 0.3) is 21.6 Å². The number of nitro benzene ring substituents is 1. The van der Waals surface area contributed by atoms with Crippen LogP contribution in [-0.4, -0.2) is 112 Å². The van der Waals surface area contributed by atoms with Crippen molar-refractivity contribution in [1.29, 1.82) is 0 Å². The highest BCUT2D eigenvalue weighted by molar-refractivity contribution is 7.90. The van der Waals surface area contributed by atoms with E-state index in [1.807, 2.05) is 29.2 Å². The molecule has 0 radical (unpaired) electrons. The number of sulfonamides is 1. The van der Waals surface area contributed by atoms with Gasteiger partial charge in [-0.25, -0.2) is 13.1 Å². The van der Waals surface area contributed by atoms with Gasteiger partial charge in [-0.15, -0.1) is 0 Å². The zero-order chi connectivity index (χ0) is 48.1. The second-order valence-electron chi connectivity index (χ2n) is 20.6. The molecule has 4 saturated heterocycles. The van der Waals surface area contributed by atoms with Crippen LogP contribution < -0.4 is 29.3 Å². The second-order valence-corrected chi connectivity index (χ2v) is 22.2. The molecule has 5 aromatic rings. The number of benzene rings is 3. The first-order chi connectivity index (χ1) is 33.9. The number of likely N-dealkylation sites (tertiary alicyclic amines) is 1. The summed E-state index contributed by atoms with van der Waals surface area (Å²) in [6, 6.07) is 22.2. The normalized spacial score (nSPS) is 22.7. The van der Waals surface area contributed by atoms with Crippen LogP contribution >= 0.6 is 0 Å². The van der Waals surface area contributed by atoms with E-state index in [-0.39, 0.29) is 28.6 Å². The van der Waals surface area contributed by atoms with Gasteiger partial charge in [0, 0.05) is 73.8 Å². The Balaban J connectivity index is 0.852. The zero-order valence-electron chi connectivity index (χ0n) is 39.8. The SMILES string of the molecule is CC(C)COc1ccccc1[C@@H]1CCCN1C1CC2(CCN(c3ccc(C(=O)NS(=O)(=O)c4ccc(NCC5CCOCC5)c([N+](=O)[O-])c4)c(N4c5cc6cc[nH]c6nc5O[C@@H]5COC[C@H]54)c3)CC2)C1. The van der Waals surface area contributed by atoms with E-state index in [1.54, 1.807) is 12.3 Å². The Kier molecular flexibility index (Phi) is 12.6. The van der Waals surface area contributed by atoms with E-state index in [2.05, 4.69) is 62.9 Å². The van der Waals surface area contributed by atoms with Crippen molar-refractivity contribution < 1.29 is 37.1 Å². The molecule has 0 unspecified atom stereocenters. The van der Waals surface area contributed by atoms with Crippen molar-refractivity contribution in [3.63, 3.8) is 0 Å². The molecule has 18 heteroatoms. The van der Waals surface area contributed by atoms with Gasteiger partial charge in [0.2, 0.25) is 5.88 Å². The number of nitrogens with zero attached hydrogens (tertiary/aromatic N) is 5. The molecule has 70 heavy (non-hydrogen) atoms. The Morgan fingerprint density at radius 2 is 1.79 bits per heavy atom. The lowest BCUT2D eigenvalue weighted by molar-refractivity contribution is -0.384. The number of nitro groups is 1. The average molecular weight is 975 g/mol. The van der Waals surface area contributed by atoms with Gasteiger partial charge in [-0.3, -0.25) is 19.8 Å². The van der Waals surface area contributed by atoms with Gasteiger partial charge in [-0.1, -0.05) is 32.0 Å². The molecule has 11 rings (SSSR count). The Bertz CT molecular complexity index is 2870. The largest absolute Gasteiger partial charge is 0.493 e. The number of carbonyl (C=O) groups excluding carboxylic acids is 1. The quantitative estimate of drug-likeness (QED) is 0.0710. The fourth-order valence-electron chi connectivity index (χ4n) is 11.8. The lowest BCUT2D eigenvalue weighted by atomic mass is 9.60. The minimum absolute atomic E-state index is 0.107. The van der Waals surface area contributed by atoms with Crippen molar-refractivity contribution in [2.75, 3.05) is 74.3 Å². The van der Waals surface area contributed by atoms with Gasteiger partial charge in [-0.2, -0.15) is 4.98 Å². The van der Waals surface area contributed by atoms with Crippen LogP contribution in [0, 0.1) is 27.4 Å². The summed E-state index contributed by atoms with van der Waals surface area (Å²) in [5, 5.41) is 16.3. The molecular formula is C52H62N8O9S. The highest BCUT2D eigenvalue weighted by atomic mass is 32.2. The van der Waals surface area contributed by atoms with Gasteiger partial charge >= 0.3 is 0 Å². The number of aromatic amines is 1.